The van der Waals surface area contributed by atoms with E-state index in [0.29, 0.717) is 5.56 Å². The summed E-state index contributed by atoms with van der Waals surface area (Å²) in [6, 6.07) is 5.01. The molecule has 1 N–H and O–H groups in total. The molecule has 0 aromatic heterocycles. The van der Waals surface area contributed by atoms with Crippen molar-refractivity contribution in [2.75, 3.05) is 6.61 Å². The summed E-state index contributed by atoms with van der Waals surface area (Å²) in [4.78, 5) is 46.7. The molecule has 5 atom stereocenters. The molecule has 0 saturated heterocycles. The number of benzene rings is 1. The predicted octanol–water partition coefficient (Wildman–Crippen LogP) is 2.45. The van der Waals surface area contributed by atoms with Crippen LogP contribution in [0.4, 0.5) is 0 Å². The topological polar surface area (TPSA) is 135 Å². The van der Waals surface area contributed by atoms with E-state index in [2.05, 4.69) is 15.9 Å². The first kappa shape index (κ1) is 28.4. The standard InChI is InChI=1S/C22H29BrO10/c1-11-9-17(23)7-8-18(11)33-22(28)21(32-16(6)27)20(31-15(5)26)19(30-14(4)25)12(2)10-29-13(3)24/h7-9,12,19-22,28H,10H2,1-6H3. The first-order valence-electron chi connectivity index (χ1n) is 10.1. The van der Waals surface area contributed by atoms with E-state index in [1.807, 2.05) is 0 Å². The highest BCUT2D eigenvalue weighted by molar-refractivity contribution is 9.10. The van der Waals surface area contributed by atoms with E-state index in [9.17, 15) is 24.3 Å². The second-order valence-corrected chi connectivity index (χ2v) is 8.34. The van der Waals surface area contributed by atoms with Gasteiger partial charge in [-0.1, -0.05) is 22.9 Å². The van der Waals surface area contributed by atoms with Crippen LogP contribution >= 0.6 is 15.9 Å². The van der Waals surface area contributed by atoms with Crippen LogP contribution in [0.2, 0.25) is 0 Å². The zero-order chi connectivity index (χ0) is 25.3. The van der Waals surface area contributed by atoms with Gasteiger partial charge in [-0.2, -0.15) is 0 Å². The lowest BCUT2D eigenvalue weighted by Gasteiger charge is -2.36. The molecule has 10 nitrogen and oxygen atoms in total. The summed E-state index contributed by atoms with van der Waals surface area (Å²) < 4.78 is 27.3. The van der Waals surface area contributed by atoms with Crippen LogP contribution in [0.1, 0.15) is 40.2 Å². The Labute approximate surface area is 200 Å². The van der Waals surface area contributed by atoms with Crippen molar-refractivity contribution in [3.8, 4) is 5.75 Å². The SMILES string of the molecule is CC(=O)OCC(C)C(OC(C)=O)C(OC(C)=O)C(OC(C)=O)C(O)Oc1ccc(Br)cc1C. The smallest absolute Gasteiger partial charge is 0.303 e. The number of rotatable bonds is 11. The Morgan fingerprint density at radius 1 is 0.879 bits per heavy atom. The maximum atomic E-state index is 11.9. The highest BCUT2D eigenvalue weighted by Gasteiger charge is 2.45. The summed E-state index contributed by atoms with van der Waals surface area (Å²) in [7, 11) is 0. The van der Waals surface area contributed by atoms with Gasteiger partial charge in [-0.15, -0.1) is 0 Å². The monoisotopic (exact) mass is 532 g/mol. The second-order valence-electron chi connectivity index (χ2n) is 7.42. The maximum absolute atomic E-state index is 11.9. The number of carbonyl (C=O) groups excluding carboxylic acids is 4. The molecule has 0 aliphatic rings. The van der Waals surface area contributed by atoms with Gasteiger partial charge in [0.1, 0.15) is 11.9 Å². The average molecular weight is 533 g/mol. The lowest BCUT2D eigenvalue weighted by Crippen LogP contribution is -2.54. The van der Waals surface area contributed by atoms with Gasteiger partial charge in [0, 0.05) is 38.1 Å². The zero-order valence-electron chi connectivity index (χ0n) is 19.3. The summed E-state index contributed by atoms with van der Waals surface area (Å²) in [5.74, 6) is -3.32. The second kappa shape index (κ2) is 13.1. The van der Waals surface area contributed by atoms with Crippen LogP contribution in [0.3, 0.4) is 0 Å². The summed E-state index contributed by atoms with van der Waals surface area (Å²) >= 11 is 3.33. The number of hydrogen-bond donors (Lipinski definition) is 1. The van der Waals surface area contributed by atoms with Crippen molar-refractivity contribution in [3.05, 3.63) is 28.2 Å². The molecular weight excluding hydrogens is 504 g/mol. The molecule has 184 valence electrons. The maximum Gasteiger partial charge on any atom is 0.303 e. The van der Waals surface area contributed by atoms with E-state index in [1.165, 1.54) is 6.92 Å². The largest absolute Gasteiger partial charge is 0.465 e. The van der Waals surface area contributed by atoms with Gasteiger partial charge in [-0.05, 0) is 30.7 Å². The van der Waals surface area contributed by atoms with Crippen molar-refractivity contribution in [1.82, 2.24) is 0 Å². The van der Waals surface area contributed by atoms with Crippen molar-refractivity contribution in [1.29, 1.82) is 0 Å². The molecule has 0 aliphatic carbocycles. The van der Waals surface area contributed by atoms with Crippen LogP contribution in [-0.4, -0.2) is 60.2 Å². The van der Waals surface area contributed by atoms with Crippen molar-refractivity contribution in [3.63, 3.8) is 0 Å². The molecule has 5 unspecified atom stereocenters. The lowest BCUT2D eigenvalue weighted by atomic mass is 9.95. The van der Waals surface area contributed by atoms with Gasteiger partial charge in [0.25, 0.3) is 0 Å². The number of aliphatic hydroxyl groups is 1. The van der Waals surface area contributed by atoms with Gasteiger partial charge >= 0.3 is 23.9 Å². The van der Waals surface area contributed by atoms with Gasteiger partial charge in [0.15, 0.2) is 6.10 Å². The molecule has 0 heterocycles. The Morgan fingerprint density at radius 2 is 1.39 bits per heavy atom. The number of carbonyl (C=O) groups is 4. The van der Waals surface area contributed by atoms with Gasteiger partial charge in [-0.3, -0.25) is 19.2 Å². The van der Waals surface area contributed by atoms with E-state index in [0.717, 1.165) is 25.2 Å². The molecule has 0 aliphatic heterocycles. The highest BCUT2D eigenvalue weighted by Crippen LogP contribution is 2.27. The summed E-state index contributed by atoms with van der Waals surface area (Å²) in [5, 5.41) is 10.8. The van der Waals surface area contributed by atoms with Crippen LogP contribution < -0.4 is 4.74 Å². The van der Waals surface area contributed by atoms with Gasteiger partial charge in [0.05, 0.1) is 6.61 Å². The van der Waals surface area contributed by atoms with E-state index in [4.69, 9.17) is 23.7 Å². The van der Waals surface area contributed by atoms with E-state index in [-0.39, 0.29) is 12.4 Å². The number of aryl methyl sites for hydroxylation is 1. The van der Waals surface area contributed by atoms with Crippen LogP contribution in [0, 0.1) is 12.8 Å². The molecule has 0 radical (unpaired) electrons. The molecule has 1 aromatic rings. The van der Waals surface area contributed by atoms with Crippen LogP contribution in [0.25, 0.3) is 0 Å². The van der Waals surface area contributed by atoms with Crippen molar-refractivity contribution in [2.24, 2.45) is 5.92 Å². The first-order valence-corrected chi connectivity index (χ1v) is 10.9. The third-order valence-electron chi connectivity index (χ3n) is 4.33. The fraction of sp³-hybridized carbons (Fsp3) is 0.545. The van der Waals surface area contributed by atoms with E-state index >= 15 is 0 Å². The number of halogens is 1. The molecular formula is C22H29BrO10. The fourth-order valence-electron chi connectivity index (χ4n) is 2.98. The molecule has 33 heavy (non-hydrogen) atoms. The molecule has 0 spiro atoms. The van der Waals surface area contributed by atoms with Gasteiger partial charge in [-0.25, -0.2) is 0 Å². The third kappa shape index (κ3) is 9.79. The predicted molar refractivity (Wildman–Crippen MR) is 118 cm³/mol. The Balaban J connectivity index is 3.37. The summed E-state index contributed by atoms with van der Waals surface area (Å²) in [6.07, 6.45) is -6.12. The molecule has 0 saturated carbocycles. The number of esters is 4. The Hall–Kier alpha value is -2.66. The molecule has 1 aromatic carbocycles. The van der Waals surface area contributed by atoms with Crippen molar-refractivity contribution >= 4 is 39.8 Å². The van der Waals surface area contributed by atoms with Crippen LogP contribution in [0.15, 0.2) is 22.7 Å². The molecule has 0 amide bonds. The molecule has 11 heteroatoms. The minimum absolute atomic E-state index is 0.194. The Kier molecular flexibility index (Phi) is 11.3. The van der Waals surface area contributed by atoms with Crippen molar-refractivity contribution < 1.29 is 48.0 Å². The first-order chi connectivity index (χ1) is 15.3. The van der Waals surface area contributed by atoms with Gasteiger partial charge < -0.3 is 28.8 Å². The zero-order valence-corrected chi connectivity index (χ0v) is 20.9. The minimum atomic E-state index is -1.81. The van der Waals surface area contributed by atoms with E-state index in [1.54, 1.807) is 32.0 Å². The average Bonchev–Trinajstić information content (AvgIpc) is 2.68. The lowest BCUT2D eigenvalue weighted by molar-refractivity contribution is -0.216. The molecule has 0 fully saturated rings. The van der Waals surface area contributed by atoms with E-state index < -0.39 is 54.4 Å². The summed E-state index contributed by atoms with van der Waals surface area (Å²) in [6.45, 7) is 7.65. The number of aliphatic hydroxyl groups excluding tert-OH is 1. The number of ether oxygens (including phenoxy) is 5. The van der Waals surface area contributed by atoms with Crippen LogP contribution in [0.5, 0.6) is 5.75 Å². The van der Waals surface area contributed by atoms with Crippen molar-refractivity contribution in [2.45, 2.75) is 66.1 Å². The Bertz CT molecular complexity index is 856. The molecule has 0 bridgehead atoms. The normalized spacial score (nSPS) is 15.3. The molecule has 1 rings (SSSR count). The van der Waals surface area contributed by atoms with Gasteiger partial charge in [0.2, 0.25) is 12.4 Å². The summed E-state index contributed by atoms with van der Waals surface area (Å²) in [5.41, 5.74) is 0.661. The minimum Gasteiger partial charge on any atom is -0.465 e. The highest BCUT2D eigenvalue weighted by atomic mass is 79.9. The quantitative estimate of drug-likeness (QED) is 0.257. The van der Waals surface area contributed by atoms with Crippen LogP contribution in [-0.2, 0) is 38.1 Å². The Morgan fingerprint density at radius 3 is 1.88 bits per heavy atom. The third-order valence-corrected chi connectivity index (χ3v) is 4.82. The fourth-order valence-corrected chi connectivity index (χ4v) is 3.45. The number of hydrogen-bond acceptors (Lipinski definition) is 10.